The van der Waals surface area contributed by atoms with Crippen LogP contribution in [0.25, 0.3) is 0 Å². The van der Waals surface area contributed by atoms with E-state index in [9.17, 15) is 13.2 Å². The van der Waals surface area contributed by atoms with Gasteiger partial charge in [-0.05, 0) is 47.9 Å². The van der Waals surface area contributed by atoms with Gasteiger partial charge in [0.25, 0.3) is 0 Å². The van der Waals surface area contributed by atoms with E-state index >= 15 is 0 Å². The minimum Gasteiger partial charge on any atom is -0.381 e. The Kier molecular flexibility index (Phi) is 4.90. The second-order valence-corrected chi connectivity index (χ2v) is 9.10. The summed E-state index contributed by atoms with van der Waals surface area (Å²) in [7, 11) is 0. The molecule has 0 aliphatic carbocycles. The molecule has 0 bridgehead atoms. The smallest absolute Gasteiger partial charge is 0.381 e. The third-order valence-corrected chi connectivity index (χ3v) is 7.28. The lowest BCUT2D eigenvalue weighted by atomic mass is 9.89. The van der Waals surface area contributed by atoms with Crippen molar-refractivity contribution in [1.29, 1.82) is 0 Å². The first-order valence-corrected chi connectivity index (χ1v) is 11.3. The first kappa shape index (κ1) is 19.1. The Morgan fingerprint density at radius 1 is 1.21 bits per heavy atom. The number of piperidine rings is 1. The molecule has 2 atom stereocenters. The number of nitrogens with zero attached hydrogens (tertiary/aromatic N) is 1. The quantitative estimate of drug-likeness (QED) is 0.745. The Balaban J connectivity index is 1.46. The van der Waals surface area contributed by atoms with Gasteiger partial charge < -0.3 is 15.5 Å². The van der Waals surface area contributed by atoms with Crippen LogP contribution in [-0.4, -0.2) is 31.4 Å². The summed E-state index contributed by atoms with van der Waals surface area (Å²) in [5, 5.41) is 6.81. The van der Waals surface area contributed by atoms with Gasteiger partial charge in [0.15, 0.2) is 0 Å². The number of benzene rings is 2. The van der Waals surface area contributed by atoms with Gasteiger partial charge in [0, 0.05) is 54.5 Å². The number of hydrogen-bond donors (Lipinski definition) is 2. The van der Waals surface area contributed by atoms with Gasteiger partial charge in [-0.3, -0.25) is 0 Å². The maximum atomic E-state index is 13.3. The van der Waals surface area contributed by atoms with Crippen LogP contribution >= 0.6 is 11.8 Å². The largest absolute Gasteiger partial charge is 0.416 e. The van der Waals surface area contributed by atoms with E-state index in [1.165, 1.54) is 22.9 Å². The molecule has 0 aromatic heterocycles. The SMILES string of the molecule is FC(F)(F)c1ccccc1CNc1cc2c3c(c1)[C@@H]1CNCC[C@@H]1N3CCSC2. The summed E-state index contributed by atoms with van der Waals surface area (Å²) in [6.07, 6.45) is -3.19. The van der Waals surface area contributed by atoms with E-state index in [-0.39, 0.29) is 12.1 Å². The second kappa shape index (κ2) is 7.43. The third kappa shape index (κ3) is 3.48. The van der Waals surface area contributed by atoms with Crippen molar-refractivity contribution in [2.45, 2.75) is 36.9 Å². The molecular formula is C22H24F3N3S. The lowest BCUT2D eigenvalue weighted by Crippen LogP contribution is -2.44. The van der Waals surface area contributed by atoms with Gasteiger partial charge in [-0.25, -0.2) is 0 Å². The zero-order valence-corrected chi connectivity index (χ0v) is 16.9. The topological polar surface area (TPSA) is 27.3 Å². The number of fused-ring (bicyclic) bond motifs is 3. The molecule has 0 radical (unpaired) electrons. The molecular weight excluding hydrogens is 395 g/mol. The van der Waals surface area contributed by atoms with Gasteiger partial charge in [0.05, 0.1) is 5.56 Å². The van der Waals surface area contributed by atoms with Crippen LogP contribution in [0.15, 0.2) is 36.4 Å². The molecule has 3 heterocycles. The van der Waals surface area contributed by atoms with E-state index in [4.69, 9.17) is 0 Å². The minimum atomic E-state index is -4.34. The highest BCUT2D eigenvalue weighted by molar-refractivity contribution is 7.98. The van der Waals surface area contributed by atoms with E-state index in [1.807, 2.05) is 11.8 Å². The summed E-state index contributed by atoms with van der Waals surface area (Å²) in [5.74, 6) is 2.54. The predicted molar refractivity (Wildman–Crippen MR) is 113 cm³/mol. The van der Waals surface area contributed by atoms with Crippen molar-refractivity contribution in [3.63, 3.8) is 0 Å². The van der Waals surface area contributed by atoms with Crippen molar-refractivity contribution in [2.24, 2.45) is 0 Å². The van der Waals surface area contributed by atoms with Crippen LogP contribution in [-0.2, 0) is 18.5 Å². The number of alkyl halides is 3. The fraction of sp³-hybridized carbons (Fsp3) is 0.455. The van der Waals surface area contributed by atoms with E-state index in [0.717, 1.165) is 49.3 Å². The fourth-order valence-corrected chi connectivity index (χ4v) is 5.95. The van der Waals surface area contributed by atoms with Crippen LogP contribution < -0.4 is 15.5 Å². The van der Waals surface area contributed by atoms with Gasteiger partial charge >= 0.3 is 6.18 Å². The van der Waals surface area contributed by atoms with Crippen LogP contribution in [0.5, 0.6) is 0 Å². The van der Waals surface area contributed by atoms with Gasteiger partial charge in [0.1, 0.15) is 0 Å². The van der Waals surface area contributed by atoms with Crippen LogP contribution in [0, 0.1) is 0 Å². The molecule has 154 valence electrons. The molecule has 1 saturated heterocycles. The molecule has 5 rings (SSSR count). The number of hydrogen-bond acceptors (Lipinski definition) is 4. The Hall–Kier alpha value is -1.86. The molecule has 3 nitrogen and oxygen atoms in total. The van der Waals surface area contributed by atoms with Crippen molar-refractivity contribution in [1.82, 2.24) is 5.32 Å². The number of anilines is 2. The van der Waals surface area contributed by atoms with Gasteiger partial charge in [0.2, 0.25) is 0 Å². The normalized spacial score (nSPS) is 23.3. The number of thioether (sulfide) groups is 1. The first-order chi connectivity index (χ1) is 14.0. The molecule has 7 heteroatoms. The number of nitrogens with one attached hydrogen (secondary N) is 2. The van der Waals surface area contributed by atoms with Gasteiger partial charge in [-0.2, -0.15) is 24.9 Å². The average Bonchev–Trinajstić information content (AvgIpc) is 2.87. The molecule has 3 aliphatic rings. The van der Waals surface area contributed by atoms with Crippen LogP contribution in [0.1, 0.15) is 34.6 Å². The maximum absolute atomic E-state index is 13.3. The Bertz CT molecular complexity index is 915. The third-order valence-electron chi connectivity index (χ3n) is 6.29. The van der Waals surface area contributed by atoms with E-state index < -0.39 is 11.7 Å². The molecule has 29 heavy (non-hydrogen) atoms. The minimum absolute atomic E-state index is 0.164. The first-order valence-electron chi connectivity index (χ1n) is 10.1. The van der Waals surface area contributed by atoms with Crippen molar-refractivity contribution in [2.75, 3.05) is 35.6 Å². The average molecular weight is 420 g/mol. The molecule has 1 fully saturated rings. The standard InChI is InChI=1S/C22H24F3N3S/c23-22(24,25)19-4-2-1-3-14(19)11-27-16-9-15-13-29-8-7-28-20-5-6-26-12-18(20)17(10-16)21(15)28/h1-4,9-10,18,20,26-27H,5-8,11-13H2/t18-,20-/m0/s1. The van der Waals surface area contributed by atoms with Gasteiger partial charge in [-0.15, -0.1) is 0 Å². The predicted octanol–water partition coefficient (Wildman–Crippen LogP) is 4.83. The molecule has 3 aliphatic heterocycles. The molecule has 0 amide bonds. The molecule has 0 unspecified atom stereocenters. The molecule has 0 saturated carbocycles. The molecule has 2 aromatic carbocycles. The molecule has 2 N–H and O–H groups in total. The van der Waals surface area contributed by atoms with Crippen molar-refractivity contribution in [3.05, 3.63) is 58.7 Å². The van der Waals surface area contributed by atoms with Crippen LogP contribution in [0.2, 0.25) is 0 Å². The van der Waals surface area contributed by atoms with Crippen LogP contribution in [0.3, 0.4) is 0 Å². The highest BCUT2D eigenvalue weighted by Crippen LogP contribution is 2.48. The van der Waals surface area contributed by atoms with E-state index in [0.29, 0.717) is 12.0 Å². The summed E-state index contributed by atoms with van der Waals surface area (Å²) < 4.78 is 39.9. The molecule has 0 spiro atoms. The maximum Gasteiger partial charge on any atom is 0.416 e. The molecule has 2 aromatic rings. The summed E-state index contributed by atoms with van der Waals surface area (Å²) in [4.78, 5) is 2.60. The van der Waals surface area contributed by atoms with E-state index in [1.54, 1.807) is 12.1 Å². The Morgan fingerprint density at radius 2 is 2.07 bits per heavy atom. The lowest BCUT2D eigenvalue weighted by molar-refractivity contribution is -0.138. The number of rotatable bonds is 3. The summed E-state index contributed by atoms with van der Waals surface area (Å²) in [5.41, 5.74) is 4.68. The second-order valence-electron chi connectivity index (χ2n) is 7.99. The van der Waals surface area contributed by atoms with Crippen molar-refractivity contribution in [3.8, 4) is 0 Å². The summed E-state index contributed by atoms with van der Waals surface area (Å²) in [6.45, 7) is 3.27. The number of halogens is 3. The monoisotopic (exact) mass is 419 g/mol. The summed E-state index contributed by atoms with van der Waals surface area (Å²) >= 11 is 1.94. The van der Waals surface area contributed by atoms with E-state index in [2.05, 4.69) is 27.7 Å². The highest BCUT2D eigenvalue weighted by Gasteiger charge is 2.41. The van der Waals surface area contributed by atoms with Crippen LogP contribution in [0.4, 0.5) is 24.5 Å². The zero-order valence-electron chi connectivity index (χ0n) is 16.1. The highest BCUT2D eigenvalue weighted by atomic mass is 32.2. The fourth-order valence-electron chi connectivity index (χ4n) is 5.04. The van der Waals surface area contributed by atoms with Crippen molar-refractivity contribution < 1.29 is 13.2 Å². The lowest BCUT2D eigenvalue weighted by Gasteiger charge is -2.33. The zero-order chi connectivity index (χ0) is 20.0. The summed E-state index contributed by atoms with van der Waals surface area (Å²) in [6, 6.07) is 10.7. The Morgan fingerprint density at radius 3 is 2.93 bits per heavy atom. The van der Waals surface area contributed by atoms with Gasteiger partial charge in [-0.1, -0.05) is 18.2 Å². The van der Waals surface area contributed by atoms with Crippen molar-refractivity contribution >= 4 is 23.1 Å². The Labute approximate surface area is 173 Å².